The molecular weight excluding hydrogens is 264 g/mol. The van der Waals surface area contributed by atoms with Gasteiger partial charge in [-0.05, 0) is 28.4 Å². The number of unbranched alkanes of at least 4 members (excludes halogenated alkanes) is 2. The summed E-state index contributed by atoms with van der Waals surface area (Å²) in [4.78, 5) is 0. The minimum Gasteiger partial charge on any atom is -0.383 e. The molecule has 0 atom stereocenters. The van der Waals surface area contributed by atoms with E-state index < -0.39 is 11.6 Å². The largest absolute Gasteiger partial charge is 0.383 e. The first kappa shape index (κ1) is 12.4. The molecule has 0 aliphatic rings. The molecule has 0 radical (unpaired) electrons. The van der Waals surface area contributed by atoms with Crippen LogP contribution < -0.4 is 5.32 Å². The van der Waals surface area contributed by atoms with Gasteiger partial charge in [-0.3, -0.25) is 0 Å². The van der Waals surface area contributed by atoms with Crippen LogP contribution in [0.4, 0.5) is 14.5 Å². The summed E-state index contributed by atoms with van der Waals surface area (Å²) >= 11 is 3.02. The molecule has 1 N–H and O–H groups in total. The second-order valence-corrected chi connectivity index (χ2v) is 4.23. The fraction of sp³-hybridized carbons (Fsp3) is 0.455. The third-order valence-electron chi connectivity index (χ3n) is 2.11. The first-order chi connectivity index (χ1) is 7.15. The SMILES string of the molecule is CCCCCNc1cc(Br)c(F)cc1F. The number of hydrogen-bond acceptors (Lipinski definition) is 1. The van der Waals surface area contributed by atoms with Gasteiger partial charge in [-0.15, -0.1) is 0 Å². The molecule has 0 amide bonds. The lowest BCUT2D eigenvalue weighted by molar-refractivity contribution is 0.580. The minimum absolute atomic E-state index is 0.280. The van der Waals surface area contributed by atoms with Crippen LogP contribution in [-0.2, 0) is 0 Å². The first-order valence-corrected chi connectivity index (χ1v) is 5.83. The van der Waals surface area contributed by atoms with Crippen LogP contribution >= 0.6 is 15.9 Å². The smallest absolute Gasteiger partial charge is 0.149 e. The van der Waals surface area contributed by atoms with Crippen LogP contribution in [0.15, 0.2) is 16.6 Å². The van der Waals surface area contributed by atoms with Crippen molar-refractivity contribution >= 4 is 21.6 Å². The first-order valence-electron chi connectivity index (χ1n) is 5.03. The molecule has 1 nitrogen and oxygen atoms in total. The van der Waals surface area contributed by atoms with Crippen LogP contribution in [0.3, 0.4) is 0 Å². The van der Waals surface area contributed by atoms with Crippen LogP contribution in [0.5, 0.6) is 0 Å². The van der Waals surface area contributed by atoms with E-state index in [0.717, 1.165) is 25.3 Å². The van der Waals surface area contributed by atoms with Gasteiger partial charge in [0.15, 0.2) is 0 Å². The van der Waals surface area contributed by atoms with Gasteiger partial charge in [0.1, 0.15) is 11.6 Å². The number of nitrogens with one attached hydrogen (secondary N) is 1. The maximum absolute atomic E-state index is 13.2. The standard InChI is InChI=1S/C11H14BrF2N/c1-2-3-4-5-15-11-6-8(12)9(13)7-10(11)14/h6-7,15H,2-5H2,1H3. The molecule has 15 heavy (non-hydrogen) atoms. The maximum Gasteiger partial charge on any atom is 0.149 e. The average molecular weight is 278 g/mol. The van der Waals surface area contributed by atoms with Crippen LogP contribution in [0, 0.1) is 11.6 Å². The van der Waals surface area contributed by atoms with Gasteiger partial charge in [0.25, 0.3) is 0 Å². The summed E-state index contributed by atoms with van der Waals surface area (Å²) in [5, 5.41) is 2.94. The molecule has 0 spiro atoms. The molecule has 1 aromatic carbocycles. The van der Waals surface area contributed by atoms with Gasteiger partial charge < -0.3 is 5.32 Å². The quantitative estimate of drug-likeness (QED) is 0.624. The molecule has 0 unspecified atom stereocenters. The van der Waals surface area contributed by atoms with Crippen LogP contribution in [-0.4, -0.2) is 6.54 Å². The minimum atomic E-state index is -0.577. The van der Waals surface area contributed by atoms with Crippen molar-refractivity contribution < 1.29 is 8.78 Å². The van der Waals surface area contributed by atoms with E-state index in [-0.39, 0.29) is 4.47 Å². The summed E-state index contributed by atoms with van der Waals surface area (Å²) in [6.07, 6.45) is 3.22. The molecule has 4 heteroatoms. The van der Waals surface area contributed by atoms with Crippen molar-refractivity contribution in [3.63, 3.8) is 0 Å². The molecule has 84 valence electrons. The second kappa shape index (κ2) is 6.05. The average Bonchev–Trinajstić information content (AvgIpc) is 2.20. The predicted molar refractivity (Wildman–Crippen MR) is 62.1 cm³/mol. The molecule has 0 saturated heterocycles. The van der Waals surface area contributed by atoms with Crippen molar-refractivity contribution in [1.29, 1.82) is 0 Å². The highest BCUT2D eigenvalue weighted by Gasteiger charge is 2.07. The highest BCUT2D eigenvalue weighted by molar-refractivity contribution is 9.10. The Bertz CT molecular complexity index is 329. The van der Waals surface area contributed by atoms with Crippen molar-refractivity contribution in [2.75, 3.05) is 11.9 Å². The predicted octanol–water partition coefficient (Wildman–Crippen LogP) is 4.33. The van der Waals surface area contributed by atoms with E-state index in [1.807, 2.05) is 0 Å². The van der Waals surface area contributed by atoms with Gasteiger partial charge in [-0.2, -0.15) is 0 Å². The second-order valence-electron chi connectivity index (χ2n) is 3.38. The molecule has 1 rings (SSSR count). The van der Waals surface area contributed by atoms with Gasteiger partial charge in [-0.1, -0.05) is 19.8 Å². The Morgan fingerprint density at radius 1 is 1.20 bits per heavy atom. The molecule has 0 aliphatic carbocycles. The number of rotatable bonds is 5. The van der Waals surface area contributed by atoms with E-state index in [4.69, 9.17) is 0 Å². The maximum atomic E-state index is 13.2. The van der Waals surface area contributed by atoms with Gasteiger partial charge in [-0.25, -0.2) is 8.78 Å². The fourth-order valence-corrected chi connectivity index (χ4v) is 1.60. The number of halogens is 3. The van der Waals surface area contributed by atoms with E-state index in [1.165, 1.54) is 6.07 Å². The van der Waals surface area contributed by atoms with E-state index >= 15 is 0 Å². The van der Waals surface area contributed by atoms with E-state index in [0.29, 0.717) is 12.2 Å². The molecule has 0 aromatic heterocycles. The Morgan fingerprint density at radius 3 is 2.60 bits per heavy atom. The highest BCUT2D eigenvalue weighted by Crippen LogP contribution is 2.23. The van der Waals surface area contributed by atoms with Gasteiger partial charge in [0.05, 0.1) is 10.2 Å². The molecular formula is C11H14BrF2N. The number of benzene rings is 1. The van der Waals surface area contributed by atoms with Crippen molar-refractivity contribution in [3.8, 4) is 0 Å². The van der Waals surface area contributed by atoms with Crippen molar-refractivity contribution in [3.05, 3.63) is 28.2 Å². The lowest BCUT2D eigenvalue weighted by Crippen LogP contribution is -2.03. The zero-order chi connectivity index (χ0) is 11.3. The summed E-state index contributed by atoms with van der Waals surface area (Å²) in [7, 11) is 0. The van der Waals surface area contributed by atoms with Gasteiger partial charge in [0, 0.05) is 12.6 Å². The number of anilines is 1. The summed E-state index contributed by atoms with van der Waals surface area (Å²) in [6.45, 7) is 2.82. The van der Waals surface area contributed by atoms with Gasteiger partial charge in [0.2, 0.25) is 0 Å². The Morgan fingerprint density at radius 2 is 1.93 bits per heavy atom. The molecule has 0 heterocycles. The Labute approximate surface area is 97.0 Å². The van der Waals surface area contributed by atoms with Crippen molar-refractivity contribution in [2.24, 2.45) is 0 Å². The van der Waals surface area contributed by atoms with Gasteiger partial charge >= 0.3 is 0 Å². The number of hydrogen-bond donors (Lipinski definition) is 1. The summed E-state index contributed by atoms with van der Waals surface area (Å²) in [5.74, 6) is -1.13. The Hall–Kier alpha value is -0.640. The monoisotopic (exact) mass is 277 g/mol. The Balaban J connectivity index is 2.57. The molecule has 1 aromatic rings. The summed E-state index contributed by atoms with van der Waals surface area (Å²) in [5.41, 5.74) is 0.347. The lowest BCUT2D eigenvalue weighted by Gasteiger charge is -2.08. The lowest BCUT2D eigenvalue weighted by atomic mass is 10.2. The molecule has 0 saturated carbocycles. The van der Waals surface area contributed by atoms with E-state index in [9.17, 15) is 8.78 Å². The molecule has 0 aliphatic heterocycles. The molecule has 0 fully saturated rings. The van der Waals surface area contributed by atoms with Crippen LogP contribution in [0.2, 0.25) is 0 Å². The zero-order valence-corrected chi connectivity index (χ0v) is 10.2. The fourth-order valence-electron chi connectivity index (χ4n) is 1.26. The van der Waals surface area contributed by atoms with Crippen LogP contribution in [0.25, 0.3) is 0 Å². The topological polar surface area (TPSA) is 12.0 Å². The van der Waals surface area contributed by atoms with E-state index in [2.05, 4.69) is 28.2 Å². The highest BCUT2D eigenvalue weighted by atomic mass is 79.9. The Kier molecular flexibility index (Phi) is 5.02. The van der Waals surface area contributed by atoms with Crippen LogP contribution in [0.1, 0.15) is 26.2 Å². The normalized spacial score (nSPS) is 10.4. The van der Waals surface area contributed by atoms with Crippen molar-refractivity contribution in [1.82, 2.24) is 0 Å². The summed E-state index contributed by atoms with van der Waals surface area (Å²) in [6, 6.07) is 2.31. The third kappa shape index (κ3) is 3.78. The zero-order valence-electron chi connectivity index (χ0n) is 8.62. The summed E-state index contributed by atoms with van der Waals surface area (Å²) < 4.78 is 26.4. The van der Waals surface area contributed by atoms with E-state index in [1.54, 1.807) is 0 Å². The third-order valence-corrected chi connectivity index (χ3v) is 2.71. The molecule has 0 bridgehead atoms. The van der Waals surface area contributed by atoms with Crippen molar-refractivity contribution in [2.45, 2.75) is 26.2 Å².